The first-order valence-electron chi connectivity index (χ1n) is 17.5. The summed E-state index contributed by atoms with van der Waals surface area (Å²) in [6.07, 6.45) is 12.7. The molecular formula is C46H36N2. The highest BCUT2D eigenvalue weighted by Gasteiger charge is 2.25. The molecule has 0 aliphatic heterocycles. The van der Waals surface area contributed by atoms with Gasteiger partial charge in [-0.1, -0.05) is 111 Å². The molecule has 2 heteroatoms. The molecule has 0 N–H and O–H groups in total. The van der Waals surface area contributed by atoms with Gasteiger partial charge in [-0.2, -0.15) is 5.26 Å². The second-order valence-electron chi connectivity index (χ2n) is 13.6. The maximum absolute atomic E-state index is 9.27. The molecule has 0 atom stereocenters. The fourth-order valence-corrected chi connectivity index (χ4v) is 8.28. The van der Waals surface area contributed by atoms with Gasteiger partial charge in [0, 0.05) is 22.3 Å². The van der Waals surface area contributed by atoms with Crippen LogP contribution in [0.2, 0.25) is 0 Å². The molecule has 0 unspecified atom stereocenters. The molecule has 0 heterocycles. The van der Waals surface area contributed by atoms with Crippen LogP contribution in [0.3, 0.4) is 0 Å². The molecule has 6 aromatic carbocycles. The molecule has 2 saturated carbocycles. The number of hydrogen-bond acceptors (Lipinski definition) is 1. The van der Waals surface area contributed by atoms with Gasteiger partial charge >= 0.3 is 0 Å². The Morgan fingerprint density at radius 3 is 1.35 bits per heavy atom. The molecule has 0 aromatic heterocycles. The minimum absolute atomic E-state index is 0.536. The van der Waals surface area contributed by atoms with E-state index in [0.717, 1.165) is 22.3 Å². The molecule has 0 spiro atoms. The van der Waals surface area contributed by atoms with E-state index in [0.29, 0.717) is 23.1 Å². The highest BCUT2D eigenvalue weighted by Crippen LogP contribution is 2.46. The molecule has 2 nitrogen and oxygen atoms in total. The molecule has 0 amide bonds. The fourth-order valence-electron chi connectivity index (χ4n) is 8.28. The lowest BCUT2D eigenvalue weighted by Crippen LogP contribution is -2.08. The van der Waals surface area contributed by atoms with Crippen LogP contribution in [0.4, 0.5) is 5.69 Å². The first-order valence-corrected chi connectivity index (χ1v) is 17.5. The SMILES string of the molecule is [C-]#[N+]c1ccc(C#Cc2cc(C3CCCCC3)c3ccc4c(C5CCCCC5)cc(C#Cc5ccc(C#N)cc5)c5ccc2c3c54)cc1. The topological polar surface area (TPSA) is 28.1 Å². The van der Waals surface area contributed by atoms with Crippen molar-refractivity contribution in [2.45, 2.75) is 76.0 Å². The third kappa shape index (κ3) is 5.56. The first-order chi connectivity index (χ1) is 23.7. The Hall–Kier alpha value is -5.54. The molecule has 48 heavy (non-hydrogen) atoms. The molecule has 6 aromatic rings. The van der Waals surface area contributed by atoms with E-state index >= 15 is 0 Å². The maximum Gasteiger partial charge on any atom is 0.187 e. The molecule has 0 radical (unpaired) electrons. The summed E-state index contributed by atoms with van der Waals surface area (Å²) in [6.45, 7) is 7.32. The smallest absolute Gasteiger partial charge is 0.187 e. The van der Waals surface area contributed by atoms with Gasteiger partial charge in [-0.3, -0.25) is 0 Å². The molecule has 2 aliphatic carbocycles. The maximum atomic E-state index is 9.27. The van der Waals surface area contributed by atoms with Crippen molar-refractivity contribution in [2.75, 3.05) is 0 Å². The number of hydrogen-bond donors (Lipinski definition) is 0. The summed E-state index contributed by atoms with van der Waals surface area (Å²) in [7, 11) is 0. The van der Waals surface area contributed by atoms with Crippen LogP contribution in [0.5, 0.6) is 0 Å². The predicted molar refractivity (Wildman–Crippen MR) is 198 cm³/mol. The highest BCUT2D eigenvalue weighted by atomic mass is 14.6. The van der Waals surface area contributed by atoms with Crippen LogP contribution in [0, 0.1) is 41.6 Å². The summed E-state index contributed by atoms with van der Waals surface area (Å²) >= 11 is 0. The van der Waals surface area contributed by atoms with Gasteiger partial charge in [-0.05, 0) is 117 Å². The van der Waals surface area contributed by atoms with Crippen LogP contribution in [0.1, 0.15) is 115 Å². The number of rotatable bonds is 2. The molecule has 230 valence electrons. The van der Waals surface area contributed by atoms with Gasteiger partial charge in [-0.25, -0.2) is 4.85 Å². The van der Waals surface area contributed by atoms with E-state index in [-0.39, 0.29) is 0 Å². The van der Waals surface area contributed by atoms with Crippen LogP contribution in [0.15, 0.2) is 84.9 Å². The Morgan fingerprint density at radius 1 is 0.500 bits per heavy atom. The summed E-state index contributed by atoms with van der Waals surface area (Å²) < 4.78 is 0. The second kappa shape index (κ2) is 12.9. The average molecular weight is 617 g/mol. The van der Waals surface area contributed by atoms with Crippen molar-refractivity contribution < 1.29 is 0 Å². The zero-order valence-corrected chi connectivity index (χ0v) is 27.2. The van der Waals surface area contributed by atoms with Gasteiger partial charge in [-0.15, -0.1) is 0 Å². The summed E-state index contributed by atoms with van der Waals surface area (Å²) in [5, 5.41) is 17.1. The van der Waals surface area contributed by atoms with Gasteiger partial charge in [0.15, 0.2) is 5.69 Å². The number of nitrogens with zero attached hydrogens (tertiary/aromatic N) is 2. The van der Waals surface area contributed by atoms with Gasteiger partial charge in [0.2, 0.25) is 0 Å². The van der Waals surface area contributed by atoms with Crippen LogP contribution in [-0.2, 0) is 0 Å². The van der Waals surface area contributed by atoms with E-state index < -0.39 is 0 Å². The van der Waals surface area contributed by atoms with Crippen LogP contribution >= 0.6 is 0 Å². The third-order valence-electron chi connectivity index (χ3n) is 10.7. The van der Waals surface area contributed by atoms with Gasteiger partial charge in [0.1, 0.15) is 0 Å². The third-order valence-corrected chi connectivity index (χ3v) is 10.7. The van der Waals surface area contributed by atoms with Crippen LogP contribution < -0.4 is 0 Å². The zero-order valence-electron chi connectivity index (χ0n) is 27.2. The lowest BCUT2D eigenvalue weighted by atomic mass is 9.77. The Kier molecular flexibility index (Phi) is 8.03. The van der Waals surface area contributed by atoms with E-state index in [1.807, 2.05) is 48.5 Å². The average Bonchev–Trinajstić information content (AvgIpc) is 3.16. The van der Waals surface area contributed by atoms with E-state index in [1.165, 1.54) is 108 Å². The number of nitriles is 1. The van der Waals surface area contributed by atoms with Gasteiger partial charge in [0.05, 0.1) is 18.2 Å². The minimum Gasteiger partial charge on any atom is -0.238 e. The van der Waals surface area contributed by atoms with Crippen molar-refractivity contribution >= 4 is 38.0 Å². The van der Waals surface area contributed by atoms with E-state index in [4.69, 9.17) is 6.57 Å². The lowest BCUT2D eigenvalue weighted by Gasteiger charge is -2.27. The van der Waals surface area contributed by atoms with Crippen molar-refractivity contribution in [1.29, 1.82) is 5.26 Å². The lowest BCUT2D eigenvalue weighted by molar-refractivity contribution is 0.445. The Labute approximate surface area is 283 Å². The Balaban J connectivity index is 1.39. The normalized spacial score (nSPS) is 15.4. The second-order valence-corrected chi connectivity index (χ2v) is 13.6. The predicted octanol–water partition coefficient (Wildman–Crippen LogP) is 11.9. The van der Waals surface area contributed by atoms with Crippen molar-refractivity contribution in [1.82, 2.24) is 0 Å². The standard InChI is InChI=1S/C46H36N2/c1-48-38-22-18-32(19-23-38)17-21-37-29-44(35-10-6-3-7-11-35)42-27-26-41-43(34-8-4-2-5-9-34)28-36(39-24-25-40(37)46(42)45(39)41)20-16-31-12-14-33(30-47)15-13-31/h12-15,18-19,22-29,34-35H,2-11H2. The minimum atomic E-state index is 0.536. The fraction of sp³-hybridized carbons (Fsp3) is 0.261. The summed E-state index contributed by atoms with van der Waals surface area (Å²) in [6, 6.07) is 31.6. The quantitative estimate of drug-likeness (QED) is 0.108. The highest BCUT2D eigenvalue weighted by molar-refractivity contribution is 6.26. The summed E-state index contributed by atoms with van der Waals surface area (Å²) in [5.41, 5.74) is 8.17. The molecule has 8 rings (SSSR count). The van der Waals surface area contributed by atoms with Gasteiger partial charge in [0.25, 0.3) is 0 Å². The zero-order chi connectivity index (χ0) is 32.5. The van der Waals surface area contributed by atoms with E-state index in [9.17, 15) is 5.26 Å². The Bertz CT molecular complexity index is 2190. The van der Waals surface area contributed by atoms with Crippen molar-refractivity contribution in [3.63, 3.8) is 0 Å². The van der Waals surface area contributed by atoms with E-state index in [1.54, 1.807) is 0 Å². The monoisotopic (exact) mass is 616 g/mol. The van der Waals surface area contributed by atoms with Crippen molar-refractivity contribution in [3.8, 4) is 29.8 Å². The molecule has 0 bridgehead atoms. The molecule has 2 fully saturated rings. The first kappa shape index (κ1) is 29.8. The van der Waals surface area contributed by atoms with Crippen LogP contribution in [0.25, 0.3) is 37.2 Å². The van der Waals surface area contributed by atoms with Crippen molar-refractivity contribution in [2.24, 2.45) is 0 Å². The molecular weight excluding hydrogens is 581 g/mol. The molecule has 0 saturated heterocycles. The summed E-state index contributed by atoms with van der Waals surface area (Å²) in [4.78, 5) is 3.55. The molecule has 2 aliphatic rings. The largest absolute Gasteiger partial charge is 0.238 e. The van der Waals surface area contributed by atoms with Gasteiger partial charge < -0.3 is 0 Å². The van der Waals surface area contributed by atoms with E-state index in [2.05, 4.69) is 71.0 Å². The van der Waals surface area contributed by atoms with Crippen LogP contribution in [-0.4, -0.2) is 0 Å². The number of benzene rings is 6. The van der Waals surface area contributed by atoms with Crippen molar-refractivity contribution in [3.05, 3.63) is 135 Å². The summed E-state index contributed by atoms with van der Waals surface area (Å²) in [5.74, 6) is 15.2. The Morgan fingerprint density at radius 2 is 0.917 bits per heavy atom.